The SMILES string of the molecule is CCCC(C)(N)C(=O)NCc1ccc(OCC(=O)NCC)c(OC)c1.Cl. The van der Waals surface area contributed by atoms with Gasteiger partial charge >= 0.3 is 0 Å². The first-order chi connectivity index (χ1) is 11.8. The van der Waals surface area contributed by atoms with Crippen molar-refractivity contribution >= 4 is 24.2 Å². The highest BCUT2D eigenvalue weighted by atomic mass is 35.5. The van der Waals surface area contributed by atoms with Gasteiger partial charge in [-0.3, -0.25) is 9.59 Å². The molecule has 2 amide bonds. The Labute approximate surface area is 161 Å². The summed E-state index contributed by atoms with van der Waals surface area (Å²) in [5.74, 6) is 0.586. The van der Waals surface area contributed by atoms with Gasteiger partial charge in [0.2, 0.25) is 5.91 Å². The van der Waals surface area contributed by atoms with Crippen LogP contribution < -0.4 is 25.8 Å². The molecule has 8 heteroatoms. The molecule has 1 aromatic rings. The molecule has 0 aliphatic heterocycles. The van der Waals surface area contributed by atoms with Crippen LogP contribution in [-0.4, -0.2) is 37.6 Å². The molecule has 0 spiro atoms. The Bertz CT molecular complexity index is 594. The number of carbonyl (C=O) groups excluding carboxylic acids is 2. The highest BCUT2D eigenvalue weighted by Crippen LogP contribution is 2.28. The van der Waals surface area contributed by atoms with Gasteiger partial charge in [0.15, 0.2) is 18.1 Å². The highest BCUT2D eigenvalue weighted by Gasteiger charge is 2.26. The van der Waals surface area contributed by atoms with Crippen LogP contribution in [0.1, 0.15) is 39.2 Å². The number of nitrogens with two attached hydrogens (primary N) is 1. The molecule has 0 fully saturated rings. The third-order valence-electron chi connectivity index (χ3n) is 3.70. The monoisotopic (exact) mass is 387 g/mol. The number of hydrogen-bond acceptors (Lipinski definition) is 5. The Morgan fingerprint density at radius 2 is 1.88 bits per heavy atom. The van der Waals surface area contributed by atoms with Crippen LogP contribution in [0.2, 0.25) is 0 Å². The first-order valence-electron chi connectivity index (χ1n) is 8.47. The Morgan fingerprint density at radius 1 is 1.19 bits per heavy atom. The summed E-state index contributed by atoms with van der Waals surface area (Å²) in [5.41, 5.74) is 5.98. The number of amides is 2. The van der Waals surface area contributed by atoms with Crippen molar-refractivity contribution in [1.29, 1.82) is 0 Å². The quantitative estimate of drug-likeness (QED) is 0.567. The van der Waals surface area contributed by atoms with E-state index in [4.69, 9.17) is 15.2 Å². The minimum absolute atomic E-state index is 0. The summed E-state index contributed by atoms with van der Waals surface area (Å²) in [6.45, 7) is 6.36. The number of methoxy groups -OCH3 is 1. The maximum absolute atomic E-state index is 12.2. The number of nitrogens with one attached hydrogen (secondary N) is 2. The lowest BCUT2D eigenvalue weighted by Crippen LogP contribution is -2.51. The molecule has 148 valence electrons. The van der Waals surface area contributed by atoms with E-state index in [9.17, 15) is 9.59 Å². The molecule has 1 atom stereocenters. The molecule has 1 aromatic carbocycles. The van der Waals surface area contributed by atoms with Crippen molar-refractivity contribution in [2.24, 2.45) is 5.73 Å². The molecule has 1 unspecified atom stereocenters. The average molecular weight is 388 g/mol. The second-order valence-corrected chi connectivity index (χ2v) is 6.08. The van der Waals surface area contributed by atoms with Gasteiger partial charge in [-0.25, -0.2) is 0 Å². The lowest BCUT2D eigenvalue weighted by Gasteiger charge is -2.23. The van der Waals surface area contributed by atoms with Gasteiger partial charge in [-0.15, -0.1) is 12.4 Å². The maximum Gasteiger partial charge on any atom is 0.257 e. The van der Waals surface area contributed by atoms with Crippen molar-refractivity contribution in [2.45, 2.75) is 45.7 Å². The Hall–Kier alpha value is -1.99. The van der Waals surface area contributed by atoms with Gasteiger partial charge < -0.3 is 25.8 Å². The molecule has 0 heterocycles. The third-order valence-corrected chi connectivity index (χ3v) is 3.70. The molecule has 0 aliphatic rings. The first kappa shape index (κ1) is 24.0. The molecule has 1 rings (SSSR count). The van der Waals surface area contributed by atoms with Gasteiger partial charge in [-0.2, -0.15) is 0 Å². The topological polar surface area (TPSA) is 103 Å². The molecule has 0 saturated heterocycles. The summed E-state index contributed by atoms with van der Waals surface area (Å²) in [6, 6.07) is 5.29. The van der Waals surface area contributed by atoms with Crippen LogP contribution in [-0.2, 0) is 16.1 Å². The minimum Gasteiger partial charge on any atom is -0.493 e. The predicted molar refractivity (Wildman–Crippen MR) is 104 cm³/mol. The fourth-order valence-corrected chi connectivity index (χ4v) is 2.35. The minimum atomic E-state index is -0.880. The van der Waals surface area contributed by atoms with Gasteiger partial charge in [0, 0.05) is 13.1 Å². The fourth-order valence-electron chi connectivity index (χ4n) is 2.35. The Balaban J connectivity index is 0.00000625. The number of hydrogen-bond donors (Lipinski definition) is 3. The van der Waals surface area contributed by atoms with Crippen LogP contribution in [0.5, 0.6) is 11.5 Å². The molecule has 0 aliphatic carbocycles. The third kappa shape index (κ3) is 7.49. The molecule has 4 N–H and O–H groups in total. The summed E-state index contributed by atoms with van der Waals surface area (Å²) >= 11 is 0. The number of halogens is 1. The van der Waals surface area contributed by atoms with Crippen molar-refractivity contribution in [3.63, 3.8) is 0 Å². The second kappa shape index (κ2) is 11.6. The maximum atomic E-state index is 12.2. The lowest BCUT2D eigenvalue weighted by molar-refractivity contribution is -0.126. The summed E-state index contributed by atoms with van der Waals surface area (Å²) in [7, 11) is 1.52. The number of benzene rings is 1. The van der Waals surface area contributed by atoms with Gasteiger partial charge in [-0.1, -0.05) is 19.4 Å². The Kier molecular flexibility index (Phi) is 10.7. The van der Waals surface area contributed by atoms with E-state index >= 15 is 0 Å². The van der Waals surface area contributed by atoms with Crippen LogP contribution in [0.4, 0.5) is 0 Å². The van der Waals surface area contributed by atoms with Gasteiger partial charge in [0.25, 0.3) is 5.91 Å². The summed E-state index contributed by atoms with van der Waals surface area (Å²) < 4.78 is 10.8. The standard InChI is InChI=1S/C18H29N3O4.ClH/c1-5-9-18(3,19)17(23)21-11-13-7-8-14(15(10-13)24-4)25-12-16(22)20-6-2;/h7-8,10H,5-6,9,11-12,19H2,1-4H3,(H,20,22)(H,21,23);1H. The molecular formula is C18H30ClN3O4. The molecule has 0 saturated carbocycles. The predicted octanol–water partition coefficient (Wildman–Crippen LogP) is 1.77. The van der Waals surface area contributed by atoms with Crippen molar-refractivity contribution < 1.29 is 19.1 Å². The second-order valence-electron chi connectivity index (χ2n) is 6.08. The lowest BCUT2D eigenvalue weighted by atomic mass is 9.96. The molecule has 0 aromatic heterocycles. The zero-order valence-electron chi connectivity index (χ0n) is 15.9. The van der Waals surface area contributed by atoms with E-state index in [0.29, 0.717) is 31.0 Å². The van der Waals surface area contributed by atoms with Crippen molar-refractivity contribution in [3.8, 4) is 11.5 Å². The summed E-state index contributed by atoms with van der Waals surface area (Å²) in [5, 5.41) is 5.50. The highest BCUT2D eigenvalue weighted by molar-refractivity contribution is 5.85. The largest absolute Gasteiger partial charge is 0.493 e. The van der Waals surface area contributed by atoms with Crippen molar-refractivity contribution in [1.82, 2.24) is 10.6 Å². The number of carbonyl (C=O) groups is 2. The number of ether oxygens (including phenoxy) is 2. The summed E-state index contributed by atoms with van der Waals surface area (Å²) in [6.07, 6.45) is 1.46. The van der Waals surface area contributed by atoms with Crippen LogP contribution in [0.25, 0.3) is 0 Å². The number of likely N-dealkylation sites (N-methyl/N-ethyl adjacent to an activating group) is 1. The zero-order valence-corrected chi connectivity index (χ0v) is 16.7. The zero-order chi connectivity index (χ0) is 18.9. The molecular weight excluding hydrogens is 358 g/mol. The van der Waals surface area contributed by atoms with Crippen LogP contribution in [0.3, 0.4) is 0 Å². The van der Waals surface area contributed by atoms with E-state index in [-0.39, 0.29) is 30.8 Å². The normalized spacial score (nSPS) is 12.3. The van der Waals surface area contributed by atoms with Crippen LogP contribution >= 0.6 is 12.4 Å². The average Bonchev–Trinajstić information content (AvgIpc) is 2.58. The van der Waals surface area contributed by atoms with Crippen molar-refractivity contribution in [2.75, 3.05) is 20.3 Å². The molecule has 26 heavy (non-hydrogen) atoms. The van der Waals surface area contributed by atoms with Gasteiger partial charge in [0.1, 0.15) is 0 Å². The molecule has 0 bridgehead atoms. The van der Waals surface area contributed by atoms with Crippen LogP contribution in [0.15, 0.2) is 18.2 Å². The van der Waals surface area contributed by atoms with E-state index in [2.05, 4.69) is 10.6 Å². The first-order valence-corrected chi connectivity index (χ1v) is 8.47. The summed E-state index contributed by atoms with van der Waals surface area (Å²) in [4.78, 5) is 23.6. The van der Waals surface area contributed by atoms with E-state index < -0.39 is 5.54 Å². The van der Waals surface area contributed by atoms with Crippen LogP contribution in [0, 0.1) is 0 Å². The van der Waals surface area contributed by atoms with Crippen molar-refractivity contribution in [3.05, 3.63) is 23.8 Å². The van der Waals surface area contributed by atoms with Gasteiger partial charge in [-0.05, 0) is 38.0 Å². The van der Waals surface area contributed by atoms with E-state index in [1.165, 1.54) is 7.11 Å². The molecule has 0 radical (unpaired) electrons. The fraction of sp³-hybridized carbons (Fsp3) is 0.556. The number of rotatable bonds is 10. The van der Waals surface area contributed by atoms with E-state index in [1.54, 1.807) is 19.1 Å². The van der Waals surface area contributed by atoms with E-state index in [1.807, 2.05) is 19.9 Å². The smallest absolute Gasteiger partial charge is 0.257 e. The molecule has 7 nitrogen and oxygen atoms in total. The van der Waals surface area contributed by atoms with Gasteiger partial charge in [0.05, 0.1) is 12.6 Å². The van der Waals surface area contributed by atoms with E-state index in [0.717, 1.165) is 12.0 Å². The Morgan fingerprint density at radius 3 is 2.46 bits per heavy atom.